The quantitative estimate of drug-likeness (QED) is 0.449. The summed E-state index contributed by atoms with van der Waals surface area (Å²) in [7, 11) is 0. The van der Waals surface area contributed by atoms with Crippen molar-refractivity contribution < 1.29 is 14.6 Å². The molecule has 2 aliphatic rings. The molecule has 2 saturated heterocycles. The van der Waals surface area contributed by atoms with Crippen LogP contribution in [0.15, 0.2) is 60.0 Å². The number of rotatable bonds is 13. The molecule has 1 amide bonds. The molecule has 2 aliphatic heterocycles. The third kappa shape index (κ3) is 8.62. The zero-order chi connectivity index (χ0) is 24.9. The number of ether oxygens (including phenoxy) is 1. The lowest BCUT2D eigenvalue weighted by Gasteiger charge is -2.28. The summed E-state index contributed by atoms with van der Waals surface area (Å²) in [6, 6.07) is 6.41. The van der Waals surface area contributed by atoms with Crippen LogP contribution >= 0.6 is 0 Å². The number of carbonyl (C=O) groups excluding carboxylic acids is 1. The Balaban J connectivity index is 1.65. The molecular formula is C29H43N3O3. The van der Waals surface area contributed by atoms with E-state index in [9.17, 15) is 9.90 Å². The second-order valence-electron chi connectivity index (χ2n) is 9.58. The fourth-order valence-electron chi connectivity index (χ4n) is 4.99. The van der Waals surface area contributed by atoms with Crippen molar-refractivity contribution in [3.05, 3.63) is 65.7 Å². The predicted octanol–water partition coefficient (Wildman–Crippen LogP) is 4.52. The van der Waals surface area contributed by atoms with Gasteiger partial charge in [0, 0.05) is 50.6 Å². The molecule has 1 aromatic rings. The molecule has 0 aromatic carbocycles. The van der Waals surface area contributed by atoms with E-state index >= 15 is 0 Å². The summed E-state index contributed by atoms with van der Waals surface area (Å²) in [5, 5.41) is 9.28. The van der Waals surface area contributed by atoms with Crippen LogP contribution in [0, 0.1) is 5.92 Å². The molecule has 0 aliphatic carbocycles. The molecule has 3 rings (SSSR count). The number of unbranched alkanes of at least 4 members (excludes halogenated alkanes) is 1. The van der Waals surface area contributed by atoms with Crippen LogP contribution in [0.3, 0.4) is 0 Å². The Morgan fingerprint density at radius 2 is 2.17 bits per heavy atom. The van der Waals surface area contributed by atoms with Crippen LogP contribution in [0.1, 0.15) is 58.1 Å². The summed E-state index contributed by atoms with van der Waals surface area (Å²) in [6.07, 6.45) is 17.1. The normalized spacial score (nSPS) is 22.9. The van der Waals surface area contributed by atoms with Crippen molar-refractivity contribution in [2.24, 2.45) is 5.92 Å². The summed E-state index contributed by atoms with van der Waals surface area (Å²) >= 11 is 0. The fourth-order valence-corrected chi connectivity index (χ4v) is 4.99. The van der Waals surface area contributed by atoms with Crippen molar-refractivity contribution in [3.63, 3.8) is 0 Å². The number of amides is 1. The fraction of sp³-hybridized carbons (Fsp3) is 0.586. The van der Waals surface area contributed by atoms with Gasteiger partial charge in [-0.05, 0) is 68.7 Å². The number of hydrogen-bond acceptors (Lipinski definition) is 5. The highest BCUT2D eigenvalue weighted by Gasteiger charge is 2.32. The Morgan fingerprint density at radius 1 is 1.31 bits per heavy atom. The van der Waals surface area contributed by atoms with Gasteiger partial charge < -0.3 is 14.7 Å². The maximum atomic E-state index is 13.2. The summed E-state index contributed by atoms with van der Waals surface area (Å²) in [5.41, 5.74) is 2.38. The molecule has 6 heteroatoms. The molecule has 3 heterocycles. The molecule has 0 bridgehead atoms. The van der Waals surface area contributed by atoms with Gasteiger partial charge in [-0.3, -0.25) is 14.7 Å². The summed E-state index contributed by atoms with van der Waals surface area (Å²) in [5.74, 6) is 1.57. The first-order valence-electron chi connectivity index (χ1n) is 13.3. The van der Waals surface area contributed by atoms with Crippen LogP contribution in [0.4, 0.5) is 0 Å². The number of likely N-dealkylation sites (tertiary alicyclic amines) is 1. The number of aliphatic hydroxyl groups excluding tert-OH is 1. The first-order chi connectivity index (χ1) is 17.1. The predicted molar refractivity (Wildman–Crippen MR) is 141 cm³/mol. The Kier molecular flexibility index (Phi) is 11.5. The molecule has 6 nitrogen and oxygen atoms in total. The van der Waals surface area contributed by atoms with Crippen LogP contribution in [0.5, 0.6) is 0 Å². The molecule has 2 unspecified atom stereocenters. The minimum absolute atomic E-state index is 0.118. The van der Waals surface area contributed by atoms with E-state index in [4.69, 9.17) is 4.74 Å². The zero-order valence-electron chi connectivity index (χ0n) is 21.6. The van der Waals surface area contributed by atoms with Crippen LogP contribution < -0.4 is 0 Å². The Bertz CT molecular complexity index is 857. The Labute approximate surface area is 211 Å². The standard InChI is InChI=1S/C29H43N3O3/c1-3-5-17-31(18-9-19-33)29(34)23-32-22-24(10-8-12-28-25(4-2)15-20-35-28)21-27(32)14-13-26-11-6-7-16-30-26/h4,6-8,10-12,16,24,27,33H,3,5,9,13-15,17-23H2,1-2H3/b10-8+,25-4-,28-12+. The number of aliphatic hydroxyl groups is 1. The van der Waals surface area contributed by atoms with E-state index in [-0.39, 0.29) is 12.5 Å². The maximum absolute atomic E-state index is 13.2. The summed E-state index contributed by atoms with van der Waals surface area (Å²) in [4.78, 5) is 22.0. The molecule has 0 spiro atoms. The average Bonchev–Trinajstić information content (AvgIpc) is 3.49. The number of pyridine rings is 1. The second kappa shape index (κ2) is 14.8. The number of hydrogen-bond donors (Lipinski definition) is 1. The van der Waals surface area contributed by atoms with Gasteiger partial charge in [0.1, 0.15) is 5.76 Å². The van der Waals surface area contributed by atoms with Gasteiger partial charge in [0.15, 0.2) is 0 Å². The number of aryl methyl sites for hydroxylation is 1. The second-order valence-corrected chi connectivity index (χ2v) is 9.58. The van der Waals surface area contributed by atoms with Crippen molar-refractivity contribution in [1.82, 2.24) is 14.8 Å². The Hall–Kier alpha value is -2.44. The molecule has 0 radical (unpaired) electrons. The number of allylic oxidation sites excluding steroid dienone is 4. The summed E-state index contributed by atoms with van der Waals surface area (Å²) < 4.78 is 5.75. The molecule has 1 N–H and O–H groups in total. The van der Waals surface area contributed by atoms with E-state index in [1.54, 1.807) is 0 Å². The van der Waals surface area contributed by atoms with Crippen LogP contribution in [0.2, 0.25) is 0 Å². The molecule has 0 saturated carbocycles. The minimum atomic E-state index is 0.118. The van der Waals surface area contributed by atoms with Gasteiger partial charge >= 0.3 is 0 Å². The first kappa shape index (κ1) is 27.2. The smallest absolute Gasteiger partial charge is 0.236 e. The van der Waals surface area contributed by atoms with Gasteiger partial charge in [0.05, 0.1) is 13.2 Å². The number of carbonyl (C=O) groups is 1. The van der Waals surface area contributed by atoms with Gasteiger partial charge in [-0.1, -0.05) is 37.6 Å². The topological polar surface area (TPSA) is 65.9 Å². The van der Waals surface area contributed by atoms with E-state index in [0.717, 1.165) is 69.7 Å². The monoisotopic (exact) mass is 481 g/mol. The van der Waals surface area contributed by atoms with Crippen molar-refractivity contribution in [1.29, 1.82) is 0 Å². The highest BCUT2D eigenvalue weighted by molar-refractivity contribution is 5.78. The van der Waals surface area contributed by atoms with Gasteiger partial charge in [-0.25, -0.2) is 0 Å². The van der Waals surface area contributed by atoms with E-state index in [1.807, 2.05) is 23.2 Å². The van der Waals surface area contributed by atoms with Crippen molar-refractivity contribution in [2.45, 2.75) is 64.8 Å². The third-order valence-corrected chi connectivity index (χ3v) is 7.00. The SMILES string of the molecule is C/C=C1/CCO/C1=C/C=C/C1CC(CCc2ccccn2)N(CC(=O)N(CCCC)CCCO)C1. The minimum Gasteiger partial charge on any atom is -0.493 e. The number of nitrogens with zero attached hydrogens (tertiary/aromatic N) is 3. The van der Waals surface area contributed by atoms with Gasteiger partial charge in [-0.15, -0.1) is 0 Å². The summed E-state index contributed by atoms with van der Waals surface area (Å²) in [6.45, 7) is 7.82. The van der Waals surface area contributed by atoms with Crippen molar-refractivity contribution in [2.75, 3.05) is 39.4 Å². The lowest BCUT2D eigenvalue weighted by molar-refractivity contribution is -0.133. The van der Waals surface area contributed by atoms with E-state index < -0.39 is 0 Å². The molecule has 1 aromatic heterocycles. The van der Waals surface area contributed by atoms with E-state index in [1.165, 1.54) is 5.57 Å². The van der Waals surface area contributed by atoms with Crippen LogP contribution in [-0.4, -0.2) is 71.2 Å². The van der Waals surface area contributed by atoms with Crippen molar-refractivity contribution >= 4 is 5.91 Å². The number of aromatic nitrogens is 1. The highest BCUT2D eigenvalue weighted by atomic mass is 16.5. The Morgan fingerprint density at radius 3 is 2.91 bits per heavy atom. The largest absolute Gasteiger partial charge is 0.493 e. The molecule has 192 valence electrons. The molecule has 2 fully saturated rings. The molecular weight excluding hydrogens is 438 g/mol. The van der Waals surface area contributed by atoms with Crippen LogP contribution in [0.25, 0.3) is 0 Å². The molecule has 35 heavy (non-hydrogen) atoms. The first-order valence-corrected chi connectivity index (χ1v) is 13.3. The van der Waals surface area contributed by atoms with Crippen LogP contribution in [-0.2, 0) is 16.0 Å². The average molecular weight is 482 g/mol. The van der Waals surface area contributed by atoms with Gasteiger partial charge in [-0.2, -0.15) is 0 Å². The zero-order valence-corrected chi connectivity index (χ0v) is 21.6. The third-order valence-electron chi connectivity index (χ3n) is 7.00. The van der Waals surface area contributed by atoms with Gasteiger partial charge in [0.2, 0.25) is 5.91 Å². The van der Waals surface area contributed by atoms with Gasteiger partial charge in [0.25, 0.3) is 0 Å². The van der Waals surface area contributed by atoms with E-state index in [0.29, 0.717) is 31.5 Å². The lowest BCUT2D eigenvalue weighted by Crippen LogP contribution is -2.43. The highest BCUT2D eigenvalue weighted by Crippen LogP contribution is 2.28. The maximum Gasteiger partial charge on any atom is 0.236 e. The molecule has 2 atom stereocenters. The van der Waals surface area contributed by atoms with E-state index in [2.05, 4.69) is 54.1 Å². The van der Waals surface area contributed by atoms with Crippen molar-refractivity contribution in [3.8, 4) is 0 Å². The lowest BCUT2D eigenvalue weighted by atomic mass is 10.0.